The number of hydrogen-bond donors (Lipinski definition) is 3. The van der Waals surface area contributed by atoms with E-state index in [1.54, 1.807) is 6.92 Å². The van der Waals surface area contributed by atoms with E-state index in [2.05, 4.69) is 0 Å². The van der Waals surface area contributed by atoms with Crippen LogP contribution < -0.4 is 0 Å². The van der Waals surface area contributed by atoms with Crippen molar-refractivity contribution in [3.8, 4) is 0 Å². The summed E-state index contributed by atoms with van der Waals surface area (Å²) in [4.78, 5) is 23.1. The van der Waals surface area contributed by atoms with E-state index in [-0.39, 0.29) is 50.1 Å². The number of aliphatic hydroxyl groups is 2. The van der Waals surface area contributed by atoms with E-state index in [1.165, 1.54) is 6.08 Å². The van der Waals surface area contributed by atoms with Gasteiger partial charge < -0.3 is 24.8 Å². The van der Waals surface area contributed by atoms with Crippen molar-refractivity contribution < 1.29 is 43.2 Å². The summed E-state index contributed by atoms with van der Waals surface area (Å²) in [5, 5.41) is 30.1. The van der Waals surface area contributed by atoms with Gasteiger partial charge in [0.1, 0.15) is 28.1 Å². The summed E-state index contributed by atoms with van der Waals surface area (Å²) >= 11 is 1.09. The molecule has 0 aromatic heterocycles. The predicted molar refractivity (Wildman–Crippen MR) is 132 cm³/mol. The van der Waals surface area contributed by atoms with Crippen LogP contribution in [0.3, 0.4) is 0 Å². The standard InChI is InChI=1S/C27H38F2O7S/c1-4-5-22-35-21-12-15-16-11-18(28)17-10-14(31)6-8-24(17,2)26(16,29)20(32)13-25(15,3)27(21,36-22)37-19(7-9-30)23(33)34/h10,15-16,18-22,30,32H,4-9,11-13H2,1-3H3,(H,33,34)/t15-,16-,18-,19?,20-,21+,22+,24-,25-,26-,27-/m0/s1. The molecule has 1 saturated heterocycles. The Morgan fingerprint density at radius 1 is 1.30 bits per heavy atom. The first-order valence-corrected chi connectivity index (χ1v) is 14.4. The van der Waals surface area contributed by atoms with Crippen LogP contribution in [0.2, 0.25) is 0 Å². The Morgan fingerprint density at radius 2 is 2.03 bits per heavy atom. The van der Waals surface area contributed by atoms with Crippen molar-refractivity contribution in [2.24, 2.45) is 22.7 Å². The lowest BCUT2D eigenvalue weighted by molar-refractivity contribution is -0.232. The molecule has 208 valence electrons. The molecular weight excluding hydrogens is 506 g/mol. The van der Waals surface area contributed by atoms with E-state index in [0.717, 1.165) is 18.2 Å². The van der Waals surface area contributed by atoms with E-state index in [4.69, 9.17) is 9.47 Å². The fraction of sp³-hybridized carbons (Fsp3) is 0.852. The summed E-state index contributed by atoms with van der Waals surface area (Å²) in [5.74, 6) is -2.59. The van der Waals surface area contributed by atoms with Gasteiger partial charge in [-0.15, -0.1) is 11.8 Å². The number of halogens is 2. The number of rotatable bonds is 7. The number of aliphatic hydroxyl groups excluding tert-OH is 2. The number of carbonyl (C=O) groups is 2. The molecule has 0 aromatic rings. The SMILES string of the molecule is CCC[C@@H]1O[C@@H]2C[C@H]3[C@@H]4C[C@H](F)C5=CC(=O)CC[C@]5(C)[C@@]4(F)[C@@H](O)C[C@]3(C)[C@]2(SC(CCO)C(=O)O)O1. The van der Waals surface area contributed by atoms with Crippen molar-refractivity contribution in [3.63, 3.8) is 0 Å². The maximum atomic E-state index is 17.5. The van der Waals surface area contributed by atoms with Crippen molar-refractivity contribution in [1.29, 1.82) is 0 Å². The van der Waals surface area contributed by atoms with Gasteiger partial charge in [-0.25, -0.2) is 8.78 Å². The van der Waals surface area contributed by atoms with E-state index >= 15 is 8.78 Å². The minimum Gasteiger partial charge on any atom is -0.480 e. The molecule has 37 heavy (non-hydrogen) atoms. The van der Waals surface area contributed by atoms with Crippen LogP contribution >= 0.6 is 11.8 Å². The van der Waals surface area contributed by atoms with Crippen LogP contribution in [0, 0.1) is 22.7 Å². The third-order valence-electron chi connectivity index (χ3n) is 10.2. The van der Waals surface area contributed by atoms with Gasteiger partial charge in [0.25, 0.3) is 0 Å². The van der Waals surface area contributed by atoms with Crippen LogP contribution in [0.25, 0.3) is 0 Å². The molecule has 4 fully saturated rings. The largest absolute Gasteiger partial charge is 0.480 e. The highest BCUT2D eigenvalue weighted by Crippen LogP contribution is 2.74. The van der Waals surface area contributed by atoms with Gasteiger partial charge in [0.2, 0.25) is 0 Å². The third kappa shape index (κ3) is 3.65. The second kappa shape index (κ2) is 9.25. The number of thioether (sulfide) groups is 1. The molecule has 4 aliphatic carbocycles. The first-order chi connectivity index (χ1) is 17.4. The van der Waals surface area contributed by atoms with Gasteiger partial charge in [-0.3, -0.25) is 9.59 Å². The van der Waals surface area contributed by atoms with Crippen LogP contribution in [0.5, 0.6) is 0 Å². The minimum absolute atomic E-state index is 0.00284. The number of carboxylic acids is 1. The quantitative estimate of drug-likeness (QED) is 0.442. The number of fused-ring (bicyclic) bond motifs is 7. The number of aliphatic carboxylic acids is 1. The summed E-state index contributed by atoms with van der Waals surface area (Å²) in [6.07, 6.45) is -1.01. The van der Waals surface area contributed by atoms with Crippen LogP contribution in [-0.4, -0.2) is 74.2 Å². The maximum Gasteiger partial charge on any atom is 0.316 e. The molecule has 10 heteroatoms. The Labute approximate surface area is 220 Å². The molecule has 5 rings (SSSR count). The topological polar surface area (TPSA) is 113 Å². The average molecular weight is 545 g/mol. The van der Waals surface area contributed by atoms with E-state index in [0.29, 0.717) is 12.8 Å². The number of hydrogen-bond acceptors (Lipinski definition) is 7. The second-order valence-corrected chi connectivity index (χ2v) is 13.5. The molecule has 7 nitrogen and oxygen atoms in total. The molecule has 11 atom stereocenters. The van der Waals surface area contributed by atoms with Gasteiger partial charge >= 0.3 is 5.97 Å². The van der Waals surface area contributed by atoms with Gasteiger partial charge in [0, 0.05) is 29.8 Å². The zero-order valence-electron chi connectivity index (χ0n) is 21.6. The first kappa shape index (κ1) is 27.5. The number of carbonyl (C=O) groups excluding carboxylic acids is 1. The molecule has 0 spiro atoms. The molecule has 3 N–H and O–H groups in total. The molecular formula is C27H38F2O7S. The van der Waals surface area contributed by atoms with E-state index < -0.39 is 69.2 Å². The van der Waals surface area contributed by atoms with Gasteiger partial charge in [-0.2, -0.15) is 0 Å². The second-order valence-electron chi connectivity index (χ2n) is 12.0. The molecule has 5 aliphatic rings. The summed E-state index contributed by atoms with van der Waals surface area (Å²) in [7, 11) is 0. The maximum absolute atomic E-state index is 17.5. The first-order valence-electron chi connectivity index (χ1n) is 13.5. The molecule has 1 heterocycles. The van der Waals surface area contributed by atoms with Crippen LogP contribution in [0.1, 0.15) is 72.1 Å². The Bertz CT molecular complexity index is 994. The average Bonchev–Trinajstić information content (AvgIpc) is 3.28. The summed E-state index contributed by atoms with van der Waals surface area (Å²) in [6.45, 7) is 5.21. The van der Waals surface area contributed by atoms with Crippen molar-refractivity contribution in [2.45, 2.75) is 113 Å². The fourth-order valence-electron chi connectivity index (χ4n) is 8.42. The normalized spacial score (nSPS) is 49.5. The van der Waals surface area contributed by atoms with Crippen molar-refractivity contribution in [3.05, 3.63) is 11.6 Å². The molecule has 0 radical (unpaired) electrons. The Morgan fingerprint density at radius 3 is 2.68 bits per heavy atom. The third-order valence-corrected chi connectivity index (χ3v) is 12.1. The zero-order chi connectivity index (χ0) is 27.0. The monoisotopic (exact) mass is 544 g/mol. The lowest BCUT2D eigenvalue weighted by atomic mass is 9.44. The smallest absolute Gasteiger partial charge is 0.316 e. The van der Waals surface area contributed by atoms with Gasteiger partial charge in [0.05, 0.1) is 6.10 Å². The summed E-state index contributed by atoms with van der Waals surface area (Å²) in [5.41, 5.74) is -4.21. The predicted octanol–water partition coefficient (Wildman–Crippen LogP) is 3.95. The van der Waals surface area contributed by atoms with Crippen molar-refractivity contribution in [2.75, 3.05) is 6.61 Å². The molecule has 3 saturated carbocycles. The van der Waals surface area contributed by atoms with Gasteiger partial charge in [-0.1, -0.05) is 27.2 Å². The fourth-order valence-corrected chi connectivity index (χ4v) is 10.1. The molecule has 0 bridgehead atoms. The highest BCUT2D eigenvalue weighted by molar-refractivity contribution is 8.01. The Balaban J connectivity index is 1.59. The van der Waals surface area contributed by atoms with Crippen molar-refractivity contribution >= 4 is 23.5 Å². The van der Waals surface area contributed by atoms with E-state index in [1.807, 2.05) is 13.8 Å². The summed E-state index contributed by atoms with van der Waals surface area (Å²) in [6, 6.07) is 0. The van der Waals surface area contributed by atoms with Crippen LogP contribution in [0.4, 0.5) is 8.78 Å². The Kier molecular flexibility index (Phi) is 6.87. The highest BCUT2D eigenvalue weighted by Gasteiger charge is 2.79. The Hall–Kier alpha value is -1.07. The van der Waals surface area contributed by atoms with Gasteiger partial charge in [0.15, 0.2) is 12.1 Å². The molecule has 0 amide bonds. The number of carboxylic acid groups (broad SMARTS) is 1. The number of allylic oxidation sites excluding steroid dienone is 1. The number of ketones is 1. The highest BCUT2D eigenvalue weighted by atomic mass is 32.2. The lowest BCUT2D eigenvalue weighted by Crippen LogP contribution is -2.70. The van der Waals surface area contributed by atoms with Crippen LogP contribution in [0.15, 0.2) is 11.6 Å². The zero-order valence-corrected chi connectivity index (χ0v) is 22.4. The molecule has 1 unspecified atom stereocenters. The number of alkyl halides is 2. The summed E-state index contributed by atoms with van der Waals surface area (Å²) < 4.78 is 46.0. The van der Waals surface area contributed by atoms with E-state index in [9.17, 15) is 24.9 Å². The van der Waals surface area contributed by atoms with Crippen molar-refractivity contribution in [1.82, 2.24) is 0 Å². The minimum atomic E-state index is -2.14. The number of ether oxygens (including phenoxy) is 2. The molecule has 1 aliphatic heterocycles. The lowest BCUT2D eigenvalue weighted by Gasteiger charge is -2.64. The van der Waals surface area contributed by atoms with Crippen LogP contribution in [-0.2, 0) is 19.1 Å². The van der Waals surface area contributed by atoms with Gasteiger partial charge in [-0.05, 0) is 56.1 Å². The molecule has 0 aromatic carbocycles.